The molecule has 3 rings (SSSR count). The van der Waals surface area contributed by atoms with E-state index in [0.29, 0.717) is 17.7 Å². The molecule has 42 heavy (non-hydrogen) atoms. The summed E-state index contributed by atoms with van der Waals surface area (Å²) in [7, 11) is 1.25. The lowest BCUT2D eigenvalue weighted by Crippen LogP contribution is -2.63. The summed E-state index contributed by atoms with van der Waals surface area (Å²) >= 11 is 0. The fourth-order valence-corrected chi connectivity index (χ4v) is 5.32. The predicted molar refractivity (Wildman–Crippen MR) is 136 cm³/mol. The van der Waals surface area contributed by atoms with E-state index in [2.05, 4.69) is 0 Å². The zero-order valence-electron chi connectivity index (χ0n) is 23.6. The molecule has 3 unspecified atom stereocenters. The van der Waals surface area contributed by atoms with Gasteiger partial charge in [0, 0.05) is 25.9 Å². The Labute approximate surface area is 239 Å². The molecule has 2 aromatic rings. The Morgan fingerprint density at radius 2 is 1.50 bits per heavy atom. The summed E-state index contributed by atoms with van der Waals surface area (Å²) in [6, 6.07) is 4.29. The summed E-state index contributed by atoms with van der Waals surface area (Å²) in [4.78, 5) is 27.7. The van der Waals surface area contributed by atoms with Crippen LogP contribution in [-0.2, 0) is 21.9 Å². The Bertz CT molecular complexity index is 1240. The van der Waals surface area contributed by atoms with Gasteiger partial charge in [-0.05, 0) is 53.8 Å². The quantitative estimate of drug-likeness (QED) is 0.378. The van der Waals surface area contributed by atoms with E-state index in [9.17, 15) is 45.4 Å². The van der Waals surface area contributed by atoms with Gasteiger partial charge in [-0.25, -0.2) is 4.39 Å². The molecule has 0 saturated carbocycles. The number of rotatable bonds is 6. The van der Waals surface area contributed by atoms with Crippen LogP contribution < -0.4 is 5.11 Å². The maximum atomic E-state index is 13.8. The third-order valence-electron chi connectivity index (χ3n) is 7.57. The molecule has 1 aliphatic rings. The molecule has 4 atom stereocenters. The molecule has 0 aliphatic carbocycles. The van der Waals surface area contributed by atoms with Crippen molar-refractivity contribution in [1.82, 2.24) is 9.80 Å². The SMILES string of the molecule is C[C@H](c1cc(C(F)(F)F)cc(C(F)(F)F)c1)N(C)C(=O)CC(c1ccc(F)cc1)C1OCCN(C(=O)[O-])C1C(C)(C)C. The van der Waals surface area contributed by atoms with Crippen molar-refractivity contribution in [2.24, 2.45) is 5.41 Å². The smallest absolute Gasteiger partial charge is 0.416 e. The van der Waals surface area contributed by atoms with Gasteiger partial charge >= 0.3 is 12.4 Å². The maximum absolute atomic E-state index is 13.8. The standard InChI is InChI=1S/C29H33F7N2O4/c1-16(18-12-19(28(31,32)33)14-20(13-18)29(34,35)36)37(5)23(39)15-22(17-6-8-21(30)9-7-17)24-25(27(2,3)4)38(26(40)41)10-11-42-24/h6-9,12-14,16,22,24-25H,10-11,15H2,1-5H3,(H,40,41)/p-1/t16-,22?,24?,25?/m1/s1. The van der Waals surface area contributed by atoms with Crippen LogP contribution in [0.1, 0.15) is 68.3 Å². The summed E-state index contributed by atoms with van der Waals surface area (Å²) in [5.74, 6) is -2.08. The minimum Gasteiger partial charge on any atom is -0.530 e. The van der Waals surface area contributed by atoms with E-state index in [1.165, 1.54) is 26.1 Å². The molecule has 0 spiro atoms. The summed E-state index contributed by atoms with van der Waals surface area (Å²) in [5.41, 5.74) is -3.66. The first-order valence-electron chi connectivity index (χ1n) is 13.1. The van der Waals surface area contributed by atoms with Crippen molar-refractivity contribution >= 4 is 12.0 Å². The molecule has 2 aromatic carbocycles. The number of carbonyl (C=O) groups excluding carboxylic acids is 2. The average molecular weight is 606 g/mol. The maximum Gasteiger partial charge on any atom is 0.416 e. The highest BCUT2D eigenvalue weighted by atomic mass is 19.4. The topological polar surface area (TPSA) is 72.9 Å². The number of nitrogens with zero attached hydrogens (tertiary/aromatic N) is 2. The predicted octanol–water partition coefficient (Wildman–Crippen LogP) is 6.02. The first-order chi connectivity index (χ1) is 19.2. The van der Waals surface area contributed by atoms with Gasteiger partial charge in [-0.3, -0.25) is 4.79 Å². The highest BCUT2D eigenvalue weighted by Gasteiger charge is 2.45. The molecule has 0 N–H and O–H groups in total. The molecule has 1 saturated heterocycles. The molecule has 0 radical (unpaired) electrons. The first kappa shape index (κ1) is 33.2. The van der Waals surface area contributed by atoms with Crippen LogP contribution in [0.4, 0.5) is 35.5 Å². The van der Waals surface area contributed by atoms with Gasteiger partial charge in [0.05, 0.1) is 35.9 Å². The highest BCUT2D eigenvalue weighted by molar-refractivity contribution is 5.77. The van der Waals surface area contributed by atoms with Crippen molar-refractivity contribution in [3.8, 4) is 0 Å². The van der Waals surface area contributed by atoms with Gasteiger partial charge in [-0.15, -0.1) is 0 Å². The number of alkyl halides is 6. The molecule has 1 aliphatic heterocycles. The lowest BCUT2D eigenvalue weighted by atomic mass is 9.74. The van der Waals surface area contributed by atoms with E-state index < -0.39 is 70.8 Å². The van der Waals surface area contributed by atoms with Crippen molar-refractivity contribution in [2.75, 3.05) is 20.2 Å². The van der Waals surface area contributed by atoms with Crippen LogP contribution in [-0.4, -0.2) is 54.1 Å². The number of carboxylic acid groups (broad SMARTS) is 1. The molecule has 0 bridgehead atoms. The van der Waals surface area contributed by atoms with Crippen molar-refractivity contribution in [2.45, 2.75) is 70.6 Å². The molecule has 1 heterocycles. The van der Waals surface area contributed by atoms with Gasteiger partial charge in [0.15, 0.2) is 0 Å². The Kier molecular flexibility index (Phi) is 9.55. The van der Waals surface area contributed by atoms with Gasteiger partial charge in [-0.2, -0.15) is 26.3 Å². The Hall–Kier alpha value is -3.35. The zero-order chi connectivity index (χ0) is 31.8. The van der Waals surface area contributed by atoms with Crippen LogP contribution in [0.3, 0.4) is 0 Å². The van der Waals surface area contributed by atoms with Crippen LogP contribution in [0.5, 0.6) is 0 Å². The summed E-state index contributed by atoms with van der Waals surface area (Å²) in [6.07, 6.45) is -12.8. The van der Waals surface area contributed by atoms with Gasteiger partial charge in [-0.1, -0.05) is 32.9 Å². The fourth-order valence-electron chi connectivity index (χ4n) is 5.32. The molecule has 232 valence electrons. The summed E-state index contributed by atoms with van der Waals surface area (Å²) in [6.45, 7) is 6.62. The molecule has 6 nitrogen and oxygen atoms in total. The number of hydrogen-bond donors (Lipinski definition) is 0. The molecular weight excluding hydrogens is 573 g/mol. The zero-order valence-corrected chi connectivity index (χ0v) is 23.6. The number of hydrogen-bond acceptors (Lipinski definition) is 4. The van der Waals surface area contributed by atoms with Crippen LogP contribution in [0, 0.1) is 11.2 Å². The fraction of sp³-hybridized carbons (Fsp3) is 0.517. The van der Waals surface area contributed by atoms with Crippen LogP contribution in [0.2, 0.25) is 0 Å². The van der Waals surface area contributed by atoms with E-state index in [1.807, 2.05) is 0 Å². The summed E-state index contributed by atoms with van der Waals surface area (Å²) in [5, 5.41) is 12.0. The molecule has 0 aromatic heterocycles. The molecule has 13 heteroatoms. The minimum absolute atomic E-state index is 0.0126. The molecular formula is C29H32F7N2O4-. The van der Waals surface area contributed by atoms with E-state index in [1.54, 1.807) is 20.8 Å². The first-order valence-corrected chi connectivity index (χ1v) is 13.1. The second-order valence-electron chi connectivity index (χ2n) is 11.5. The molecule has 2 amide bonds. The number of amides is 2. The Morgan fingerprint density at radius 3 is 1.95 bits per heavy atom. The largest absolute Gasteiger partial charge is 0.530 e. The van der Waals surface area contributed by atoms with Crippen LogP contribution >= 0.6 is 0 Å². The number of benzene rings is 2. The van der Waals surface area contributed by atoms with E-state index in [4.69, 9.17) is 4.74 Å². The number of morpholine rings is 1. The van der Waals surface area contributed by atoms with Crippen molar-refractivity contribution < 1.29 is 50.2 Å². The second kappa shape index (κ2) is 12.1. The normalized spacial score (nSPS) is 19.8. The number of ether oxygens (including phenoxy) is 1. The Morgan fingerprint density at radius 1 is 0.976 bits per heavy atom. The summed E-state index contributed by atoms with van der Waals surface area (Å²) < 4.78 is 100. The number of carbonyl (C=O) groups is 2. The van der Waals surface area contributed by atoms with Gasteiger partial charge in [0.2, 0.25) is 5.91 Å². The van der Waals surface area contributed by atoms with E-state index >= 15 is 0 Å². The van der Waals surface area contributed by atoms with Crippen LogP contribution in [0.15, 0.2) is 42.5 Å². The van der Waals surface area contributed by atoms with Crippen molar-refractivity contribution in [1.29, 1.82) is 0 Å². The monoisotopic (exact) mass is 605 g/mol. The van der Waals surface area contributed by atoms with E-state index in [0.717, 1.165) is 21.9 Å². The number of halogens is 7. The Balaban J connectivity index is 2.01. The highest BCUT2D eigenvalue weighted by Crippen LogP contribution is 2.41. The molecule has 1 fully saturated rings. The average Bonchev–Trinajstić information content (AvgIpc) is 2.89. The minimum atomic E-state index is -5.06. The third-order valence-corrected chi connectivity index (χ3v) is 7.57. The third kappa shape index (κ3) is 7.53. The van der Waals surface area contributed by atoms with Crippen LogP contribution in [0.25, 0.3) is 0 Å². The van der Waals surface area contributed by atoms with Crippen molar-refractivity contribution in [3.63, 3.8) is 0 Å². The van der Waals surface area contributed by atoms with E-state index in [-0.39, 0.29) is 31.2 Å². The lowest BCUT2D eigenvalue weighted by Gasteiger charge is -2.51. The van der Waals surface area contributed by atoms with Crippen molar-refractivity contribution in [3.05, 3.63) is 70.5 Å². The second-order valence-corrected chi connectivity index (χ2v) is 11.5. The van der Waals surface area contributed by atoms with Gasteiger partial charge < -0.3 is 24.4 Å². The van der Waals surface area contributed by atoms with Gasteiger partial charge in [0.1, 0.15) is 11.9 Å². The lowest BCUT2D eigenvalue weighted by molar-refractivity contribution is -0.278. The van der Waals surface area contributed by atoms with Gasteiger partial charge in [0.25, 0.3) is 0 Å².